The molecule has 2 aromatic heterocycles. The molecule has 0 spiro atoms. The van der Waals surface area contributed by atoms with E-state index in [9.17, 15) is 4.79 Å². The molecule has 0 amide bonds. The number of hydrogen-bond acceptors (Lipinski definition) is 2. The highest BCUT2D eigenvalue weighted by atomic mass is 35.5. The van der Waals surface area contributed by atoms with Crippen molar-refractivity contribution in [3.63, 3.8) is 0 Å². The Morgan fingerprint density at radius 2 is 1.72 bits per heavy atom. The van der Waals surface area contributed by atoms with E-state index in [-0.39, 0.29) is 5.56 Å². The maximum absolute atomic E-state index is 12.9. The summed E-state index contributed by atoms with van der Waals surface area (Å²) >= 11 is 13.8. The van der Waals surface area contributed by atoms with Crippen LogP contribution in [0.1, 0.15) is 27.8 Å². The number of benzene rings is 3. The fourth-order valence-electron chi connectivity index (χ4n) is 4.67. The number of terminal acetylenes is 1. The highest BCUT2D eigenvalue weighted by Gasteiger charge is 2.36. The van der Waals surface area contributed by atoms with Gasteiger partial charge in [-0.05, 0) is 77.2 Å². The summed E-state index contributed by atoms with van der Waals surface area (Å²) in [6, 6.07) is 24.7. The largest absolute Gasteiger partial charge is 0.311 e. The van der Waals surface area contributed by atoms with Gasteiger partial charge in [0, 0.05) is 47.0 Å². The Morgan fingerprint density at radius 3 is 2.44 bits per heavy atom. The predicted molar refractivity (Wildman–Crippen MR) is 149 cm³/mol. The summed E-state index contributed by atoms with van der Waals surface area (Å²) in [5, 5.41) is 1.52. The molecule has 0 N–H and O–H groups in total. The van der Waals surface area contributed by atoms with Crippen molar-refractivity contribution in [3.05, 3.63) is 134 Å². The van der Waals surface area contributed by atoms with Crippen molar-refractivity contribution in [2.24, 2.45) is 7.05 Å². The topological polar surface area (TPSA) is 34.9 Å². The summed E-state index contributed by atoms with van der Waals surface area (Å²) in [7, 11) is 1.77. The molecule has 5 rings (SSSR count). The van der Waals surface area contributed by atoms with Crippen molar-refractivity contribution in [2.45, 2.75) is 11.8 Å². The Morgan fingerprint density at radius 1 is 0.972 bits per heavy atom. The number of pyridine rings is 2. The molecule has 5 heteroatoms. The van der Waals surface area contributed by atoms with Gasteiger partial charge < -0.3 is 4.57 Å². The summed E-state index contributed by atoms with van der Waals surface area (Å²) in [4.78, 5) is 16.2. The van der Waals surface area contributed by atoms with E-state index in [2.05, 4.69) is 17.0 Å². The standard InChI is InChI=1S/C31H22Cl2N2O/c1-4-21-6-5-7-22(16-21)26-18-30(36)35(3)29-13-10-24(17-27(26)29)31(33,23-8-11-25(32)12-9-23)28-19-34-15-14-20(28)2/h1,5-19H,2-3H3/t31-/m1/s1. The summed E-state index contributed by atoms with van der Waals surface area (Å²) < 4.78 is 1.64. The van der Waals surface area contributed by atoms with Crippen LogP contribution in [0.15, 0.2) is 96.1 Å². The predicted octanol–water partition coefficient (Wildman–Crippen LogP) is 7.07. The first-order valence-corrected chi connectivity index (χ1v) is 12.2. The number of hydrogen-bond donors (Lipinski definition) is 0. The first-order valence-electron chi connectivity index (χ1n) is 11.4. The minimum atomic E-state index is -1.04. The number of rotatable bonds is 4. The molecule has 0 aliphatic heterocycles. The molecule has 3 nitrogen and oxygen atoms in total. The van der Waals surface area contributed by atoms with E-state index < -0.39 is 4.87 Å². The minimum Gasteiger partial charge on any atom is -0.311 e. The average molecular weight is 509 g/mol. The van der Waals surface area contributed by atoms with E-state index in [1.165, 1.54) is 0 Å². The van der Waals surface area contributed by atoms with E-state index >= 15 is 0 Å². The maximum atomic E-state index is 12.9. The fourth-order valence-corrected chi connectivity index (χ4v) is 5.24. The molecule has 36 heavy (non-hydrogen) atoms. The molecule has 0 aliphatic rings. The van der Waals surface area contributed by atoms with Gasteiger partial charge >= 0.3 is 0 Å². The zero-order valence-electron chi connectivity index (χ0n) is 19.8. The Bertz CT molecular complexity index is 1710. The van der Waals surface area contributed by atoms with Gasteiger partial charge in [0.1, 0.15) is 4.87 Å². The number of nitrogens with zero attached hydrogens (tertiary/aromatic N) is 2. The third kappa shape index (κ3) is 3.99. The minimum absolute atomic E-state index is 0.102. The molecular weight excluding hydrogens is 487 g/mol. The van der Waals surface area contributed by atoms with Crippen LogP contribution >= 0.6 is 23.2 Å². The van der Waals surface area contributed by atoms with Gasteiger partial charge in [0.05, 0.1) is 5.52 Å². The van der Waals surface area contributed by atoms with E-state index in [1.807, 2.05) is 73.7 Å². The third-order valence-corrected chi connectivity index (χ3v) is 7.53. The SMILES string of the molecule is C#Cc1cccc(-c2cc(=O)n(C)c3ccc([C@](Cl)(c4ccc(Cl)cc4)c4cnccc4C)cc23)c1. The van der Waals surface area contributed by atoms with Crippen LogP contribution in [-0.4, -0.2) is 9.55 Å². The average Bonchev–Trinajstić information content (AvgIpc) is 2.90. The Balaban J connectivity index is 1.85. The van der Waals surface area contributed by atoms with Gasteiger partial charge in [0.25, 0.3) is 5.56 Å². The van der Waals surface area contributed by atoms with E-state index in [1.54, 1.807) is 30.1 Å². The van der Waals surface area contributed by atoms with Gasteiger partial charge in [-0.25, -0.2) is 0 Å². The molecule has 0 radical (unpaired) electrons. The Labute approximate surface area is 220 Å². The van der Waals surface area contributed by atoms with E-state index in [4.69, 9.17) is 29.6 Å². The van der Waals surface area contributed by atoms with Crippen molar-refractivity contribution < 1.29 is 0 Å². The van der Waals surface area contributed by atoms with E-state index in [0.717, 1.165) is 49.8 Å². The Hall–Kier alpha value is -3.84. The molecule has 176 valence electrons. The molecular formula is C31H22Cl2N2O. The van der Waals surface area contributed by atoms with Crippen LogP contribution in [0.5, 0.6) is 0 Å². The molecule has 0 fully saturated rings. The summed E-state index contributed by atoms with van der Waals surface area (Å²) in [6.07, 6.45) is 9.21. The van der Waals surface area contributed by atoms with Crippen molar-refractivity contribution in [2.75, 3.05) is 0 Å². The van der Waals surface area contributed by atoms with Crippen molar-refractivity contribution in [1.82, 2.24) is 9.55 Å². The van der Waals surface area contributed by atoms with Gasteiger partial charge in [-0.1, -0.05) is 47.9 Å². The number of aryl methyl sites for hydroxylation is 2. The van der Waals surface area contributed by atoms with Gasteiger partial charge in [-0.3, -0.25) is 9.78 Å². The second-order valence-corrected chi connectivity index (χ2v) is 9.77. The first kappa shape index (κ1) is 23.9. The van der Waals surface area contributed by atoms with Crippen LogP contribution in [0, 0.1) is 19.3 Å². The van der Waals surface area contributed by atoms with Crippen LogP contribution < -0.4 is 5.56 Å². The second-order valence-electron chi connectivity index (χ2n) is 8.77. The number of halogens is 2. The van der Waals surface area contributed by atoms with E-state index in [0.29, 0.717) is 5.02 Å². The monoisotopic (exact) mass is 508 g/mol. The highest BCUT2D eigenvalue weighted by molar-refractivity contribution is 6.31. The molecule has 0 unspecified atom stereocenters. The zero-order valence-corrected chi connectivity index (χ0v) is 21.3. The third-order valence-electron chi connectivity index (χ3n) is 6.64. The fraction of sp³-hybridized carbons (Fsp3) is 0.0968. The van der Waals surface area contributed by atoms with Crippen LogP contribution in [-0.2, 0) is 11.9 Å². The molecule has 0 saturated heterocycles. The lowest BCUT2D eigenvalue weighted by Crippen LogP contribution is -2.24. The van der Waals surface area contributed by atoms with Crippen LogP contribution in [0.3, 0.4) is 0 Å². The van der Waals surface area contributed by atoms with Crippen LogP contribution in [0.2, 0.25) is 5.02 Å². The lowest BCUT2D eigenvalue weighted by atomic mass is 9.82. The van der Waals surface area contributed by atoms with Gasteiger partial charge in [-0.15, -0.1) is 18.0 Å². The molecule has 2 heterocycles. The lowest BCUT2D eigenvalue weighted by Gasteiger charge is -2.31. The normalized spacial score (nSPS) is 12.8. The molecule has 0 saturated carbocycles. The zero-order chi connectivity index (χ0) is 25.4. The highest BCUT2D eigenvalue weighted by Crippen LogP contribution is 2.45. The van der Waals surface area contributed by atoms with Gasteiger partial charge in [0.15, 0.2) is 0 Å². The first-order chi connectivity index (χ1) is 17.3. The van der Waals surface area contributed by atoms with Gasteiger partial charge in [0.2, 0.25) is 0 Å². The lowest BCUT2D eigenvalue weighted by molar-refractivity contribution is 0.857. The summed E-state index contributed by atoms with van der Waals surface area (Å²) in [5.74, 6) is 2.68. The van der Waals surface area contributed by atoms with Gasteiger partial charge in [-0.2, -0.15) is 0 Å². The second kappa shape index (κ2) is 9.32. The van der Waals surface area contributed by atoms with Crippen molar-refractivity contribution >= 4 is 34.1 Å². The maximum Gasteiger partial charge on any atom is 0.251 e. The molecule has 0 bridgehead atoms. The van der Waals surface area contributed by atoms with Crippen molar-refractivity contribution in [3.8, 4) is 23.5 Å². The molecule has 5 aromatic rings. The smallest absolute Gasteiger partial charge is 0.251 e. The van der Waals surface area contributed by atoms with Crippen LogP contribution in [0.4, 0.5) is 0 Å². The quantitative estimate of drug-likeness (QED) is 0.192. The number of alkyl halides is 1. The summed E-state index contributed by atoms with van der Waals surface area (Å²) in [5.41, 5.74) is 6.70. The molecule has 0 aliphatic carbocycles. The van der Waals surface area contributed by atoms with Crippen molar-refractivity contribution in [1.29, 1.82) is 0 Å². The number of aromatic nitrogens is 2. The molecule has 1 atom stereocenters. The molecule has 3 aromatic carbocycles. The number of fused-ring (bicyclic) bond motifs is 1. The van der Waals surface area contributed by atoms with Crippen LogP contribution in [0.25, 0.3) is 22.0 Å². The summed E-state index contributed by atoms with van der Waals surface area (Å²) in [6.45, 7) is 2.02. The Kier molecular flexibility index (Phi) is 6.18.